The summed E-state index contributed by atoms with van der Waals surface area (Å²) >= 11 is 0. The molecule has 5 N–H and O–H groups in total. The van der Waals surface area contributed by atoms with Crippen LogP contribution in [0.15, 0.2) is 228 Å². The third-order valence-corrected chi connectivity index (χ3v) is 13.2. The zero-order valence-electron chi connectivity index (χ0n) is 42.2. The number of unbranched alkanes of at least 4 members (excludes halogenated alkanes) is 1. The second kappa shape index (κ2) is 24.6. The number of nitrogens with two attached hydrogens (primary N) is 1. The lowest BCUT2D eigenvalue weighted by Gasteiger charge is -2.14. The molecule has 0 aromatic heterocycles. The van der Waals surface area contributed by atoms with Crippen LogP contribution in [0.4, 0.5) is 0 Å². The van der Waals surface area contributed by atoms with E-state index in [0.29, 0.717) is 5.84 Å². The quantitative estimate of drug-likeness (QED) is 0.0726. The first kappa shape index (κ1) is 50.9. The Kier molecular flexibility index (Phi) is 17.6. The summed E-state index contributed by atoms with van der Waals surface area (Å²) in [7, 11) is 0. The number of aryl methyl sites for hydroxylation is 1. The van der Waals surface area contributed by atoms with E-state index < -0.39 is 0 Å². The molecule has 0 fully saturated rings. The van der Waals surface area contributed by atoms with E-state index in [1.165, 1.54) is 57.0 Å². The van der Waals surface area contributed by atoms with Crippen molar-refractivity contribution in [1.82, 2.24) is 6.15 Å². The molecule has 0 aliphatic heterocycles. The van der Waals surface area contributed by atoms with E-state index >= 15 is 0 Å². The van der Waals surface area contributed by atoms with Gasteiger partial charge in [0.05, 0.1) is 6.04 Å². The molecule has 0 radical (unpaired) electrons. The van der Waals surface area contributed by atoms with Gasteiger partial charge in [0.25, 0.3) is 0 Å². The van der Waals surface area contributed by atoms with Crippen molar-refractivity contribution >= 4 is 34.1 Å². The average molecular weight is 929 g/mol. The summed E-state index contributed by atoms with van der Waals surface area (Å²) in [6.07, 6.45) is 16.5. The maximum Gasteiger partial charge on any atom is 0.155 e. The summed E-state index contributed by atoms with van der Waals surface area (Å²) in [4.78, 5) is 10.5. The van der Waals surface area contributed by atoms with Gasteiger partial charge in [-0.2, -0.15) is 0 Å². The van der Waals surface area contributed by atoms with E-state index in [1.807, 2.05) is 30.3 Å². The lowest BCUT2D eigenvalue weighted by molar-refractivity contribution is 0.818. The molecule has 0 heterocycles. The first-order valence-electron chi connectivity index (χ1n) is 24.9. The zero-order valence-corrected chi connectivity index (χ0v) is 42.2. The van der Waals surface area contributed by atoms with Crippen LogP contribution in [-0.4, -0.2) is 11.5 Å². The van der Waals surface area contributed by atoms with E-state index in [1.54, 1.807) is 0 Å². The summed E-state index contributed by atoms with van der Waals surface area (Å²) in [6.45, 7) is 14.9. The summed E-state index contributed by atoms with van der Waals surface area (Å²) < 4.78 is 0. The highest BCUT2D eigenvalue weighted by molar-refractivity contribution is 6.12. The Morgan fingerprint density at radius 1 is 0.606 bits per heavy atom. The summed E-state index contributed by atoms with van der Waals surface area (Å²) in [5.74, 6) is 0.702. The molecule has 0 bridgehead atoms. The topological polar surface area (TPSA) is 85.7 Å². The van der Waals surface area contributed by atoms with Crippen molar-refractivity contribution in [1.29, 1.82) is 0 Å². The fourth-order valence-electron chi connectivity index (χ4n) is 8.94. The largest absolute Gasteiger partial charge is 0.398 e. The molecule has 8 aromatic rings. The molecule has 4 heteroatoms. The van der Waals surface area contributed by atoms with Crippen LogP contribution in [0.5, 0.6) is 0 Å². The fraction of sp³-hybridized carbons (Fsp3) is 0.164. The molecule has 0 amide bonds. The molecule has 4 nitrogen and oxygen atoms in total. The molecule has 8 aromatic carbocycles. The summed E-state index contributed by atoms with van der Waals surface area (Å²) in [6, 6.07) is 64.7. The van der Waals surface area contributed by atoms with Crippen LogP contribution >= 0.6 is 0 Å². The van der Waals surface area contributed by atoms with E-state index in [4.69, 9.17) is 15.7 Å². The zero-order chi connectivity index (χ0) is 48.8. The Hall–Kier alpha value is -7.92. The van der Waals surface area contributed by atoms with Crippen LogP contribution in [-0.2, 0) is 0 Å². The van der Waals surface area contributed by atoms with Gasteiger partial charge in [0, 0.05) is 17.0 Å². The van der Waals surface area contributed by atoms with E-state index in [2.05, 4.69) is 223 Å². The maximum atomic E-state index is 6.63. The van der Waals surface area contributed by atoms with Crippen LogP contribution < -0.4 is 11.9 Å². The molecule has 1 atom stereocenters. The summed E-state index contributed by atoms with van der Waals surface area (Å²) in [5, 5.41) is 2.45. The predicted octanol–water partition coefficient (Wildman–Crippen LogP) is 18.4. The van der Waals surface area contributed by atoms with Crippen LogP contribution in [0.1, 0.15) is 99.2 Å². The smallest absolute Gasteiger partial charge is 0.155 e. The van der Waals surface area contributed by atoms with Crippen molar-refractivity contribution in [3.8, 4) is 44.5 Å². The van der Waals surface area contributed by atoms with E-state index in [-0.39, 0.29) is 12.2 Å². The number of nitrogens with zero attached hydrogens (tertiary/aromatic N) is 2. The molecule has 9 rings (SSSR count). The minimum atomic E-state index is -0.0731. The highest BCUT2D eigenvalue weighted by Crippen LogP contribution is 2.37. The van der Waals surface area contributed by atoms with E-state index in [0.717, 1.165) is 80.7 Å². The molecule has 71 heavy (non-hydrogen) atoms. The van der Waals surface area contributed by atoms with Gasteiger partial charge < -0.3 is 11.9 Å². The van der Waals surface area contributed by atoms with Crippen molar-refractivity contribution < 1.29 is 0 Å². The van der Waals surface area contributed by atoms with Crippen LogP contribution in [0.2, 0.25) is 0 Å². The molecular formula is C67H68N4. The summed E-state index contributed by atoms with van der Waals surface area (Å²) in [5.41, 5.74) is 25.4. The third-order valence-electron chi connectivity index (χ3n) is 13.2. The van der Waals surface area contributed by atoms with E-state index in [9.17, 15) is 0 Å². The Morgan fingerprint density at radius 3 is 1.80 bits per heavy atom. The monoisotopic (exact) mass is 929 g/mol. The highest BCUT2D eigenvalue weighted by atomic mass is 14.9. The van der Waals surface area contributed by atoms with Crippen molar-refractivity contribution in [2.24, 2.45) is 15.7 Å². The molecular weight excluding hydrogens is 861 g/mol. The second-order valence-electron chi connectivity index (χ2n) is 18.2. The van der Waals surface area contributed by atoms with Gasteiger partial charge in [-0.1, -0.05) is 221 Å². The Bertz CT molecular complexity index is 3220. The Morgan fingerprint density at radius 2 is 1.18 bits per heavy atom. The number of benzene rings is 8. The number of fused-ring (bicyclic) bond motifs is 1. The van der Waals surface area contributed by atoms with Gasteiger partial charge in [-0.15, -0.1) is 0 Å². The number of hydrogen-bond acceptors (Lipinski definition) is 3. The third kappa shape index (κ3) is 12.7. The van der Waals surface area contributed by atoms with Crippen molar-refractivity contribution in [3.63, 3.8) is 0 Å². The highest BCUT2D eigenvalue weighted by Gasteiger charge is 2.14. The lowest BCUT2D eigenvalue weighted by atomic mass is 9.90. The van der Waals surface area contributed by atoms with Crippen molar-refractivity contribution in [2.75, 3.05) is 0 Å². The lowest BCUT2D eigenvalue weighted by Crippen LogP contribution is -2.06. The van der Waals surface area contributed by atoms with Gasteiger partial charge in [-0.3, -0.25) is 4.99 Å². The first-order chi connectivity index (χ1) is 34.2. The second-order valence-corrected chi connectivity index (χ2v) is 18.2. The standard InChI is InChI=1S/C63H55N3.C4H10.H3N/c1-5-58-43(2)38-61(60-27-16-15-26-59(58)60)54-25-17-24-53(39-54)48-29-31-49(32-30-48)56-40-55(45(4)66-63(52-22-13-8-14-23-52)65-44(3)47-20-11-7-12-21-47)41-57(42-56)50-33-35-51(36-34-50)62(64)37-28-46-18-9-6-10-19-46;1-3-4-2;/h5-9,11-17,20-42,44H,1,10,18-19,64H2,2-4H3;3-4H2,1-2H3;1H3/b46-28+,62-37-,65-63?,66-45?;;. The van der Waals surface area contributed by atoms with Gasteiger partial charge in [-0.05, 0) is 153 Å². The number of allylic oxidation sites excluding steroid dienone is 5. The fourth-order valence-corrected chi connectivity index (χ4v) is 8.94. The van der Waals surface area contributed by atoms with Gasteiger partial charge in [-0.25, -0.2) is 4.99 Å². The molecule has 0 saturated heterocycles. The van der Waals surface area contributed by atoms with Crippen molar-refractivity contribution in [2.45, 2.75) is 72.8 Å². The Balaban J connectivity index is 0.00000143. The SMILES string of the molecule is C=Cc1c(C)cc(-c2cccc(-c3ccc(-c4cc(C(C)=NC(=NC(C)c5ccccc5)c5ccccc5)cc(-c5ccc(/C(N)=C/C=C6\CC=CCC6)cc5)c4)cc3)c2)c2ccccc12.CCCC.N. The molecule has 0 spiro atoms. The Labute approximate surface area is 423 Å². The molecule has 1 unspecified atom stereocenters. The van der Waals surface area contributed by atoms with Gasteiger partial charge >= 0.3 is 0 Å². The van der Waals surface area contributed by atoms with Gasteiger partial charge in [0.15, 0.2) is 5.84 Å². The minimum Gasteiger partial charge on any atom is -0.398 e. The average Bonchev–Trinajstić information content (AvgIpc) is 3.42. The number of amidine groups is 1. The number of rotatable bonds is 12. The van der Waals surface area contributed by atoms with Crippen LogP contribution in [0, 0.1) is 6.92 Å². The predicted molar refractivity (Wildman–Crippen MR) is 309 cm³/mol. The molecule has 1 aliphatic carbocycles. The maximum absolute atomic E-state index is 6.63. The molecule has 356 valence electrons. The number of hydrogen-bond donors (Lipinski definition) is 2. The van der Waals surface area contributed by atoms with Gasteiger partial charge in [0.1, 0.15) is 0 Å². The van der Waals surface area contributed by atoms with Gasteiger partial charge in [0.2, 0.25) is 0 Å². The minimum absolute atomic E-state index is 0. The van der Waals surface area contributed by atoms with Crippen LogP contribution in [0.3, 0.4) is 0 Å². The first-order valence-corrected chi connectivity index (χ1v) is 24.9. The van der Waals surface area contributed by atoms with Crippen LogP contribution in [0.25, 0.3) is 67.1 Å². The number of aliphatic imine (C=N–C) groups is 2. The van der Waals surface area contributed by atoms with Crippen molar-refractivity contribution in [3.05, 3.63) is 252 Å². The molecule has 1 aliphatic rings. The molecule has 0 saturated carbocycles. The normalized spacial score (nSPS) is 13.8.